The van der Waals surface area contributed by atoms with Crippen LogP contribution in [0.5, 0.6) is 0 Å². The summed E-state index contributed by atoms with van der Waals surface area (Å²) in [5.41, 5.74) is 27.6. The molecule has 3 aliphatic carbocycles. The van der Waals surface area contributed by atoms with Gasteiger partial charge in [0, 0.05) is 64.4 Å². The van der Waals surface area contributed by atoms with Crippen LogP contribution in [0.4, 0.5) is 11.4 Å². The van der Waals surface area contributed by atoms with Gasteiger partial charge in [0.1, 0.15) is 0 Å². The van der Waals surface area contributed by atoms with E-state index in [-0.39, 0.29) is 33.9 Å². The Morgan fingerprint density at radius 1 is 0.471 bits per heavy atom. The molecule has 342 valence electrons. The zero-order valence-corrected chi connectivity index (χ0v) is 43.3. The molecular formula is C66H59BN2S. The quantitative estimate of drug-likeness (QED) is 0.149. The number of aromatic nitrogens is 1. The number of hydrogen-bond donors (Lipinski definition) is 0. The van der Waals surface area contributed by atoms with E-state index in [0.717, 1.165) is 0 Å². The number of fused-ring (bicyclic) bond motifs is 18. The van der Waals surface area contributed by atoms with Crippen molar-refractivity contribution in [1.82, 2.24) is 4.57 Å². The highest BCUT2D eigenvalue weighted by atomic mass is 32.1. The van der Waals surface area contributed by atoms with Crippen LogP contribution in [0.15, 0.2) is 133 Å². The molecule has 70 heavy (non-hydrogen) atoms. The first kappa shape index (κ1) is 41.4. The summed E-state index contributed by atoms with van der Waals surface area (Å²) in [7, 11) is 0. The highest BCUT2D eigenvalue weighted by Gasteiger charge is 2.49. The molecule has 0 radical (unpaired) electrons. The zero-order valence-electron chi connectivity index (χ0n) is 42.5. The van der Waals surface area contributed by atoms with Gasteiger partial charge in [-0.25, -0.2) is 0 Å². The molecule has 0 saturated carbocycles. The molecule has 0 amide bonds. The Balaban J connectivity index is 1.08. The van der Waals surface area contributed by atoms with E-state index >= 15 is 0 Å². The van der Waals surface area contributed by atoms with Gasteiger partial charge in [-0.15, -0.1) is 11.3 Å². The summed E-state index contributed by atoms with van der Waals surface area (Å²) in [6.07, 6.45) is 2.41. The molecule has 0 spiro atoms. The molecular weight excluding hydrogens is 864 g/mol. The first-order valence-electron chi connectivity index (χ1n) is 25.8. The van der Waals surface area contributed by atoms with Crippen molar-refractivity contribution in [1.29, 1.82) is 0 Å². The van der Waals surface area contributed by atoms with E-state index in [1.54, 1.807) is 5.56 Å². The highest BCUT2D eigenvalue weighted by Crippen LogP contribution is 2.58. The molecule has 0 saturated heterocycles. The van der Waals surface area contributed by atoms with Gasteiger partial charge in [0.2, 0.25) is 0 Å². The highest BCUT2D eigenvalue weighted by molar-refractivity contribution is 7.25. The first-order valence-corrected chi connectivity index (χ1v) is 26.6. The second-order valence-electron chi connectivity index (χ2n) is 25.2. The van der Waals surface area contributed by atoms with Crippen LogP contribution in [0.1, 0.15) is 128 Å². The number of rotatable bonds is 1. The smallest absolute Gasteiger partial charge is 0.333 e. The fourth-order valence-corrected chi connectivity index (χ4v) is 15.6. The molecule has 0 unspecified atom stereocenters. The summed E-state index contributed by atoms with van der Waals surface area (Å²) in [5.74, 6) is 0. The molecule has 0 N–H and O–H groups in total. The molecule has 15 rings (SSSR count). The van der Waals surface area contributed by atoms with E-state index in [1.165, 1.54) is 150 Å². The van der Waals surface area contributed by atoms with Crippen LogP contribution >= 0.6 is 11.3 Å². The zero-order chi connectivity index (χ0) is 47.9. The van der Waals surface area contributed by atoms with Crippen molar-refractivity contribution in [3.63, 3.8) is 0 Å². The first-order chi connectivity index (χ1) is 33.3. The minimum atomic E-state index is -0.166. The fourth-order valence-electron chi connectivity index (χ4n) is 14.5. The Morgan fingerprint density at radius 2 is 1.11 bits per heavy atom. The van der Waals surface area contributed by atoms with Gasteiger partial charge in [0.05, 0.1) is 11.0 Å². The predicted molar refractivity (Wildman–Crippen MR) is 302 cm³/mol. The summed E-state index contributed by atoms with van der Waals surface area (Å²) >= 11 is 1.92. The van der Waals surface area contributed by atoms with Crippen LogP contribution in [0.2, 0.25) is 0 Å². The van der Waals surface area contributed by atoms with E-state index in [4.69, 9.17) is 0 Å². The van der Waals surface area contributed by atoms with Crippen molar-refractivity contribution < 1.29 is 0 Å². The lowest BCUT2D eigenvalue weighted by molar-refractivity contribution is 0.331. The van der Waals surface area contributed by atoms with Gasteiger partial charge in [0.25, 0.3) is 0 Å². The Morgan fingerprint density at radius 3 is 1.89 bits per heavy atom. The lowest BCUT2D eigenvalue weighted by Crippen LogP contribution is -2.60. The second kappa shape index (κ2) is 12.9. The van der Waals surface area contributed by atoms with E-state index in [2.05, 4.69) is 219 Å². The summed E-state index contributed by atoms with van der Waals surface area (Å²) in [5, 5.41) is 5.36. The van der Waals surface area contributed by atoms with Crippen molar-refractivity contribution in [2.45, 2.75) is 116 Å². The predicted octanol–water partition coefficient (Wildman–Crippen LogP) is 16.6. The topological polar surface area (TPSA) is 8.17 Å². The third-order valence-electron chi connectivity index (χ3n) is 18.6. The molecule has 2 nitrogen and oxygen atoms in total. The molecule has 2 aliphatic heterocycles. The standard InChI is InChI=1S/C66H59BN2S/c1-62(2,3)36-20-22-37(23-21-36)69-56-32-44-42-29-52-53(64(6,7)27-26-63(52,4)5)33-50(42)66(10,11)49(44)30-46(56)40-24-25-41-45-28-47-39-17-13-15-19-58(39)70-59(47)35-55(45)68-57-34-51-43(31-54(57)67(69)60(40)61(41)68)38-16-12-14-18-48(38)65(51,8)9/h12-25,28-35H,26-27H2,1-11H3. The minimum Gasteiger partial charge on any atom is -0.376 e. The van der Waals surface area contributed by atoms with Gasteiger partial charge in [-0.2, -0.15) is 0 Å². The molecule has 4 heterocycles. The third-order valence-corrected chi connectivity index (χ3v) is 19.7. The number of nitrogens with zero attached hydrogens (tertiary/aromatic N) is 2. The Hall–Kier alpha value is -6.36. The van der Waals surface area contributed by atoms with E-state index in [0.29, 0.717) is 0 Å². The van der Waals surface area contributed by atoms with Gasteiger partial charge in [-0.3, -0.25) is 0 Å². The van der Waals surface area contributed by atoms with Crippen molar-refractivity contribution >= 4 is 82.5 Å². The lowest BCUT2D eigenvalue weighted by atomic mass is 9.43. The Bertz CT molecular complexity index is 4050. The molecule has 8 aromatic carbocycles. The van der Waals surface area contributed by atoms with Crippen molar-refractivity contribution in [3.05, 3.63) is 172 Å². The van der Waals surface area contributed by atoms with Crippen molar-refractivity contribution in [2.75, 3.05) is 4.81 Å². The van der Waals surface area contributed by atoms with Crippen molar-refractivity contribution in [2.24, 2.45) is 0 Å². The van der Waals surface area contributed by atoms with Crippen LogP contribution in [-0.4, -0.2) is 11.4 Å². The third kappa shape index (κ3) is 5.06. The van der Waals surface area contributed by atoms with Crippen LogP contribution in [0, 0.1) is 0 Å². The average molecular weight is 923 g/mol. The summed E-state index contributed by atoms with van der Waals surface area (Å²) < 4.78 is 5.39. The molecule has 2 aromatic heterocycles. The number of hydrogen-bond acceptors (Lipinski definition) is 2. The summed E-state index contributed by atoms with van der Waals surface area (Å²) in [4.78, 5) is 2.77. The van der Waals surface area contributed by atoms with Crippen LogP contribution < -0.4 is 15.7 Å². The largest absolute Gasteiger partial charge is 0.376 e. The normalized spacial score (nSPS) is 17.9. The number of thiophene rings is 1. The van der Waals surface area contributed by atoms with Crippen LogP contribution in [0.25, 0.3) is 81.0 Å². The van der Waals surface area contributed by atoms with Crippen LogP contribution in [-0.2, 0) is 27.1 Å². The summed E-state index contributed by atoms with van der Waals surface area (Å²) in [6, 6.07) is 53.6. The van der Waals surface area contributed by atoms with Crippen LogP contribution in [0.3, 0.4) is 0 Å². The maximum Gasteiger partial charge on any atom is 0.333 e. The number of benzene rings is 8. The molecule has 4 heteroatoms. The fraction of sp³-hybridized carbons (Fsp3) is 0.273. The van der Waals surface area contributed by atoms with E-state index in [9.17, 15) is 0 Å². The lowest BCUT2D eigenvalue weighted by Gasteiger charge is -2.43. The maximum absolute atomic E-state index is 2.77. The second-order valence-corrected chi connectivity index (χ2v) is 26.3. The van der Waals surface area contributed by atoms with Gasteiger partial charge in [-0.05, 0) is 161 Å². The van der Waals surface area contributed by atoms with Gasteiger partial charge < -0.3 is 9.38 Å². The van der Waals surface area contributed by atoms with Gasteiger partial charge in [0.15, 0.2) is 0 Å². The molecule has 0 atom stereocenters. The molecule has 5 aliphatic rings. The van der Waals surface area contributed by atoms with E-state index in [1.807, 2.05) is 11.3 Å². The number of anilines is 2. The monoisotopic (exact) mass is 922 g/mol. The Kier molecular flexibility index (Phi) is 7.66. The minimum absolute atomic E-state index is 0.0346. The molecule has 0 bridgehead atoms. The summed E-state index contributed by atoms with van der Waals surface area (Å²) in [6.45, 7) is 26.7. The molecule has 10 aromatic rings. The van der Waals surface area contributed by atoms with Crippen molar-refractivity contribution in [3.8, 4) is 39.1 Å². The molecule has 0 fully saturated rings. The SMILES string of the molecule is CC(C)(C)c1ccc(N2B3c4cc5c(cc4-n4c6cc7sc8ccccc8c7cc6c6ccc(c3c64)-c3cc4c(cc32)-c2cc3c(cc2C4(C)C)C(C)(C)CCC3(C)C)C(C)(C)c2ccccc2-5)cc1. The Labute approximate surface area is 417 Å². The van der Waals surface area contributed by atoms with Gasteiger partial charge >= 0.3 is 6.85 Å². The maximum atomic E-state index is 2.77. The average Bonchev–Trinajstić information content (AvgIpc) is 4.00. The van der Waals surface area contributed by atoms with Gasteiger partial charge in [-0.1, -0.05) is 155 Å². The van der Waals surface area contributed by atoms with E-state index < -0.39 is 0 Å².